The number of rotatable bonds is 7. The Hall–Kier alpha value is -4.18. The zero-order valence-electron chi connectivity index (χ0n) is 18.1. The van der Waals surface area contributed by atoms with E-state index in [1.807, 2.05) is 36.4 Å². The van der Waals surface area contributed by atoms with Crippen LogP contribution < -0.4 is 4.74 Å². The average molecular weight is 424 g/mol. The highest BCUT2D eigenvalue weighted by Crippen LogP contribution is 2.27. The standard InChI is InChI=1S/C28H24O4/c1-19(2)27(29)31-18-17-21-5-7-22(8-6-21)23-9-11-24(12-10-23)25-13-15-26(16-14-25)32-28(30)20(3)4/h5-18H,1,3H2,2,4H3. The number of carbonyl (C=O) groups is 2. The Balaban J connectivity index is 1.66. The lowest BCUT2D eigenvalue weighted by molar-refractivity contribution is -0.133. The largest absolute Gasteiger partial charge is 0.431 e. The predicted octanol–water partition coefficient (Wildman–Crippen LogP) is 6.59. The molecule has 3 rings (SSSR count). The van der Waals surface area contributed by atoms with E-state index in [2.05, 4.69) is 37.4 Å². The first-order valence-electron chi connectivity index (χ1n) is 10.0. The SMILES string of the molecule is C=C(C)C(=O)OC=Cc1ccc(-c2ccc(-c3ccc(OC(=O)C(=C)C)cc3)cc2)cc1. The molecule has 0 aliphatic carbocycles. The number of hydrogen-bond donors (Lipinski definition) is 0. The maximum Gasteiger partial charge on any atom is 0.338 e. The molecule has 0 radical (unpaired) electrons. The molecule has 4 nitrogen and oxygen atoms in total. The second-order valence-electron chi connectivity index (χ2n) is 7.38. The molecule has 0 saturated heterocycles. The Labute approximate surface area is 188 Å². The van der Waals surface area contributed by atoms with Gasteiger partial charge in [-0.3, -0.25) is 0 Å². The predicted molar refractivity (Wildman–Crippen MR) is 128 cm³/mol. The maximum absolute atomic E-state index is 11.6. The Morgan fingerprint density at radius 2 is 1.06 bits per heavy atom. The fourth-order valence-electron chi connectivity index (χ4n) is 2.83. The molecular formula is C28H24O4. The Morgan fingerprint density at radius 3 is 1.50 bits per heavy atom. The molecule has 0 aliphatic heterocycles. The summed E-state index contributed by atoms with van der Waals surface area (Å²) in [5.74, 6) is -0.390. The third-order valence-electron chi connectivity index (χ3n) is 4.66. The fourth-order valence-corrected chi connectivity index (χ4v) is 2.83. The summed E-state index contributed by atoms with van der Waals surface area (Å²) in [4.78, 5) is 23.0. The molecule has 32 heavy (non-hydrogen) atoms. The molecule has 0 atom stereocenters. The van der Waals surface area contributed by atoms with Crippen molar-refractivity contribution in [3.8, 4) is 28.0 Å². The molecule has 0 amide bonds. The molecule has 0 fully saturated rings. The lowest BCUT2D eigenvalue weighted by atomic mass is 9.99. The molecule has 0 N–H and O–H groups in total. The monoisotopic (exact) mass is 424 g/mol. The summed E-state index contributed by atoms with van der Waals surface area (Å²) in [6, 6.07) is 23.5. The summed E-state index contributed by atoms with van der Waals surface area (Å²) in [5, 5.41) is 0. The van der Waals surface area contributed by atoms with Crippen LogP contribution in [0.2, 0.25) is 0 Å². The number of benzene rings is 3. The minimum absolute atomic E-state index is 0.357. The van der Waals surface area contributed by atoms with Crippen molar-refractivity contribution in [3.63, 3.8) is 0 Å². The quantitative estimate of drug-likeness (QED) is 0.186. The van der Waals surface area contributed by atoms with E-state index in [4.69, 9.17) is 9.47 Å². The Bertz CT molecular complexity index is 1170. The molecule has 0 saturated carbocycles. The van der Waals surface area contributed by atoms with Gasteiger partial charge in [0, 0.05) is 11.1 Å². The van der Waals surface area contributed by atoms with Crippen LogP contribution in [0.25, 0.3) is 28.3 Å². The first-order valence-corrected chi connectivity index (χ1v) is 10.0. The van der Waals surface area contributed by atoms with Gasteiger partial charge in [0.05, 0.1) is 6.26 Å². The molecule has 160 valence electrons. The van der Waals surface area contributed by atoms with E-state index >= 15 is 0 Å². The molecule has 0 heterocycles. The van der Waals surface area contributed by atoms with Gasteiger partial charge in [-0.2, -0.15) is 0 Å². The highest BCUT2D eigenvalue weighted by molar-refractivity contribution is 5.89. The normalized spacial score (nSPS) is 10.6. The smallest absolute Gasteiger partial charge is 0.338 e. The lowest BCUT2D eigenvalue weighted by Crippen LogP contribution is -2.07. The van der Waals surface area contributed by atoms with Crippen LogP contribution in [-0.2, 0) is 14.3 Å². The van der Waals surface area contributed by atoms with Gasteiger partial charge in [0.1, 0.15) is 5.75 Å². The molecule has 0 aliphatic rings. The number of hydrogen-bond acceptors (Lipinski definition) is 4. The van der Waals surface area contributed by atoms with Crippen LogP contribution in [0.15, 0.2) is 103 Å². The van der Waals surface area contributed by atoms with Crippen molar-refractivity contribution in [1.82, 2.24) is 0 Å². The first-order chi connectivity index (χ1) is 15.3. The molecule has 0 spiro atoms. The third kappa shape index (κ3) is 5.92. The van der Waals surface area contributed by atoms with Gasteiger partial charge >= 0.3 is 11.9 Å². The average Bonchev–Trinajstić information content (AvgIpc) is 2.80. The van der Waals surface area contributed by atoms with Crippen molar-refractivity contribution >= 4 is 18.0 Å². The summed E-state index contributed by atoms with van der Waals surface area (Å²) in [7, 11) is 0. The van der Waals surface area contributed by atoms with Crippen LogP contribution >= 0.6 is 0 Å². The molecule has 0 aromatic heterocycles. The minimum atomic E-state index is -0.444. The summed E-state index contributed by atoms with van der Waals surface area (Å²) in [6.07, 6.45) is 3.09. The van der Waals surface area contributed by atoms with Crippen LogP contribution in [0.1, 0.15) is 19.4 Å². The third-order valence-corrected chi connectivity index (χ3v) is 4.66. The van der Waals surface area contributed by atoms with Gasteiger partial charge in [-0.05, 0) is 59.9 Å². The molecule has 0 bridgehead atoms. The van der Waals surface area contributed by atoms with Gasteiger partial charge < -0.3 is 9.47 Å². The topological polar surface area (TPSA) is 52.6 Å². The number of esters is 2. The highest BCUT2D eigenvalue weighted by Gasteiger charge is 2.06. The van der Waals surface area contributed by atoms with E-state index in [-0.39, 0.29) is 0 Å². The van der Waals surface area contributed by atoms with E-state index in [9.17, 15) is 9.59 Å². The maximum atomic E-state index is 11.6. The molecule has 0 unspecified atom stereocenters. The zero-order chi connectivity index (χ0) is 23.1. The van der Waals surface area contributed by atoms with Gasteiger partial charge in [-0.1, -0.05) is 73.8 Å². The van der Waals surface area contributed by atoms with Crippen LogP contribution in [0.4, 0.5) is 0 Å². The second kappa shape index (κ2) is 10.2. The van der Waals surface area contributed by atoms with E-state index in [1.54, 1.807) is 32.1 Å². The van der Waals surface area contributed by atoms with Crippen LogP contribution in [0, 0.1) is 0 Å². The van der Waals surface area contributed by atoms with Crippen LogP contribution in [-0.4, -0.2) is 11.9 Å². The van der Waals surface area contributed by atoms with E-state index < -0.39 is 11.9 Å². The van der Waals surface area contributed by atoms with E-state index in [0.29, 0.717) is 16.9 Å². The summed E-state index contributed by atoms with van der Waals surface area (Å²) < 4.78 is 10.2. The van der Waals surface area contributed by atoms with Crippen molar-refractivity contribution in [3.05, 3.63) is 109 Å². The van der Waals surface area contributed by atoms with Gasteiger partial charge in [0.2, 0.25) is 0 Å². The Morgan fingerprint density at radius 1 is 0.656 bits per heavy atom. The number of ether oxygens (including phenoxy) is 2. The second-order valence-corrected chi connectivity index (χ2v) is 7.38. The van der Waals surface area contributed by atoms with Crippen molar-refractivity contribution in [2.45, 2.75) is 13.8 Å². The van der Waals surface area contributed by atoms with Crippen LogP contribution in [0.5, 0.6) is 5.75 Å². The van der Waals surface area contributed by atoms with Gasteiger partial charge in [-0.25, -0.2) is 9.59 Å². The number of carbonyl (C=O) groups excluding carboxylic acids is 2. The van der Waals surface area contributed by atoms with Crippen molar-refractivity contribution in [2.75, 3.05) is 0 Å². The lowest BCUT2D eigenvalue weighted by Gasteiger charge is -2.07. The van der Waals surface area contributed by atoms with Gasteiger partial charge in [-0.15, -0.1) is 0 Å². The molecule has 3 aromatic rings. The molecular weight excluding hydrogens is 400 g/mol. The molecule has 4 heteroatoms. The highest BCUT2D eigenvalue weighted by atomic mass is 16.5. The Kier molecular flexibility index (Phi) is 7.19. The summed E-state index contributed by atoms with van der Waals surface area (Å²) in [5.41, 5.74) is 5.89. The van der Waals surface area contributed by atoms with E-state index in [1.165, 1.54) is 6.26 Å². The minimum Gasteiger partial charge on any atom is -0.431 e. The van der Waals surface area contributed by atoms with Gasteiger partial charge in [0.15, 0.2) is 0 Å². The zero-order valence-corrected chi connectivity index (χ0v) is 18.1. The summed E-state index contributed by atoms with van der Waals surface area (Å²) in [6.45, 7) is 10.3. The first kappa shape index (κ1) is 22.5. The fraction of sp³-hybridized carbons (Fsp3) is 0.0714. The van der Waals surface area contributed by atoms with Crippen LogP contribution in [0.3, 0.4) is 0 Å². The van der Waals surface area contributed by atoms with Crippen molar-refractivity contribution < 1.29 is 19.1 Å². The van der Waals surface area contributed by atoms with Crippen molar-refractivity contribution in [1.29, 1.82) is 0 Å². The molecule has 3 aromatic carbocycles. The van der Waals surface area contributed by atoms with E-state index in [0.717, 1.165) is 27.8 Å². The van der Waals surface area contributed by atoms with Crippen molar-refractivity contribution in [2.24, 2.45) is 0 Å². The summed E-state index contributed by atoms with van der Waals surface area (Å²) >= 11 is 0. The van der Waals surface area contributed by atoms with Gasteiger partial charge in [0.25, 0.3) is 0 Å².